The van der Waals surface area contributed by atoms with E-state index < -0.39 is 6.10 Å². The average molecular weight is 367 g/mol. The van der Waals surface area contributed by atoms with Crippen molar-refractivity contribution in [2.75, 3.05) is 0 Å². The lowest BCUT2D eigenvalue weighted by Crippen LogP contribution is -2.59. The zero-order chi connectivity index (χ0) is 19.2. The van der Waals surface area contributed by atoms with Gasteiger partial charge < -0.3 is 9.84 Å². The Labute approximate surface area is 161 Å². The number of carbonyl (C=O) groups excluding carboxylic acids is 1. The van der Waals surface area contributed by atoms with Gasteiger partial charge in [-0.25, -0.2) is 0 Å². The van der Waals surface area contributed by atoms with Crippen molar-refractivity contribution in [2.24, 2.45) is 23.2 Å². The molecule has 5 rings (SSSR count). The number of aliphatic hydroxyl groups is 1. The normalized spacial score (nSPS) is 29.8. The van der Waals surface area contributed by atoms with Crippen LogP contribution in [0.5, 0.6) is 0 Å². The van der Waals surface area contributed by atoms with Crippen LogP contribution >= 0.6 is 0 Å². The summed E-state index contributed by atoms with van der Waals surface area (Å²) in [5, 5.41) is 12.1. The zero-order valence-electron chi connectivity index (χ0n) is 16.5. The number of carbonyl (C=O) groups is 1. The van der Waals surface area contributed by atoms with E-state index in [-0.39, 0.29) is 23.9 Å². The highest BCUT2D eigenvalue weighted by Crippen LogP contribution is 2.61. The Hall–Kier alpha value is -1.87. The van der Waals surface area contributed by atoms with E-state index in [1.54, 1.807) is 6.92 Å². The molecule has 3 aliphatic carbocycles. The van der Waals surface area contributed by atoms with Crippen molar-refractivity contribution in [1.82, 2.24) is 0 Å². The minimum Gasteiger partial charge on any atom is -0.462 e. The number of hydrogen-bond donors (Lipinski definition) is 1. The van der Waals surface area contributed by atoms with Crippen LogP contribution in [0, 0.1) is 23.2 Å². The van der Waals surface area contributed by atoms with Gasteiger partial charge >= 0.3 is 5.97 Å². The van der Waals surface area contributed by atoms with Gasteiger partial charge in [0.1, 0.15) is 6.10 Å². The Balaban J connectivity index is 1.54. The smallest absolute Gasteiger partial charge is 0.308 e. The fraction of sp³-hybridized carbons (Fsp3) is 0.542. The summed E-state index contributed by atoms with van der Waals surface area (Å²) in [7, 11) is 0. The van der Waals surface area contributed by atoms with Crippen LogP contribution in [-0.2, 0) is 16.0 Å². The molecule has 0 radical (unpaired) electrons. The van der Waals surface area contributed by atoms with Gasteiger partial charge in [0.15, 0.2) is 0 Å². The molecule has 0 heterocycles. The first-order valence-electron chi connectivity index (χ1n) is 10.2. The van der Waals surface area contributed by atoms with Crippen LogP contribution in [-0.4, -0.2) is 23.3 Å². The Morgan fingerprint density at radius 2 is 1.93 bits per heavy atom. The van der Waals surface area contributed by atoms with Gasteiger partial charge in [0, 0.05) is 11.8 Å². The van der Waals surface area contributed by atoms with E-state index in [1.807, 2.05) is 0 Å². The predicted molar refractivity (Wildman–Crippen MR) is 107 cm³/mol. The first-order valence-corrected chi connectivity index (χ1v) is 10.2. The molecule has 5 atom stereocenters. The summed E-state index contributed by atoms with van der Waals surface area (Å²) in [5.41, 5.74) is 1.56. The van der Waals surface area contributed by atoms with Gasteiger partial charge in [0.05, 0.1) is 12.5 Å². The second kappa shape index (κ2) is 6.94. The Morgan fingerprint density at radius 3 is 2.63 bits per heavy atom. The summed E-state index contributed by atoms with van der Waals surface area (Å²) in [6, 6.07) is 15.1. The van der Waals surface area contributed by atoms with Gasteiger partial charge in [-0.05, 0) is 53.9 Å². The molecular formula is C24H30O3. The van der Waals surface area contributed by atoms with E-state index in [0.29, 0.717) is 11.8 Å². The SMILES string of the molecule is C[C@H](O)CC(=O)O[C@@H]1[C@H](Cc2ccc3ccccc3c2)C[C@H]2C[C@@H]1C2(C)C. The van der Waals surface area contributed by atoms with Crippen molar-refractivity contribution in [3.63, 3.8) is 0 Å². The van der Waals surface area contributed by atoms with Crippen molar-refractivity contribution >= 4 is 16.7 Å². The fourth-order valence-corrected chi connectivity index (χ4v) is 5.33. The van der Waals surface area contributed by atoms with Gasteiger partial charge in [-0.2, -0.15) is 0 Å². The Morgan fingerprint density at radius 1 is 1.19 bits per heavy atom. The molecule has 3 nitrogen and oxygen atoms in total. The molecule has 1 N–H and O–H groups in total. The molecule has 0 spiro atoms. The minimum absolute atomic E-state index is 0.0391. The lowest BCUT2D eigenvalue weighted by Gasteiger charge is -2.61. The largest absolute Gasteiger partial charge is 0.462 e. The number of benzene rings is 2. The van der Waals surface area contributed by atoms with E-state index in [4.69, 9.17) is 4.74 Å². The van der Waals surface area contributed by atoms with Crippen LogP contribution in [0.1, 0.15) is 45.6 Å². The van der Waals surface area contributed by atoms with Crippen LogP contribution in [0.2, 0.25) is 0 Å². The lowest BCUT2D eigenvalue weighted by molar-refractivity contribution is -0.199. The highest BCUT2D eigenvalue weighted by Gasteiger charge is 2.59. The van der Waals surface area contributed by atoms with E-state index in [1.165, 1.54) is 16.3 Å². The monoisotopic (exact) mass is 366 g/mol. The second-order valence-corrected chi connectivity index (χ2v) is 9.25. The summed E-state index contributed by atoms with van der Waals surface area (Å²) >= 11 is 0. The minimum atomic E-state index is -0.651. The van der Waals surface area contributed by atoms with Crippen molar-refractivity contribution in [1.29, 1.82) is 0 Å². The van der Waals surface area contributed by atoms with Gasteiger partial charge in [-0.1, -0.05) is 56.3 Å². The molecule has 3 heteroatoms. The summed E-state index contributed by atoms with van der Waals surface area (Å²) in [5.74, 6) is 1.25. The molecule has 0 aliphatic heterocycles. The summed E-state index contributed by atoms with van der Waals surface area (Å²) in [6.07, 6.45) is 2.61. The fourth-order valence-electron chi connectivity index (χ4n) is 5.33. The molecule has 0 saturated heterocycles. The van der Waals surface area contributed by atoms with Crippen molar-refractivity contribution in [3.8, 4) is 0 Å². The van der Waals surface area contributed by atoms with Gasteiger partial charge in [0.25, 0.3) is 0 Å². The first-order chi connectivity index (χ1) is 12.8. The predicted octanol–water partition coefficient (Wildman–Crippen LogP) is 4.75. The molecule has 3 aliphatic rings. The maximum absolute atomic E-state index is 12.3. The topological polar surface area (TPSA) is 46.5 Å². The van der Waals surface area contributed by atoms with Crippen LogP contribution in [0.25, 0.3) is 10.8 Å². The highest BCUT2D eigenvalue weighted by molar-refractivity contribution is 5.83. The quantitative estimate of drug-likeness (QED) is 0.777. The molecule has 3 saturated carbocycles. The van der Waals surface area contributed by atoms with E-state index in [2.05, 4.69) is 56.3 Å². The molecule has 2 aromatic carbocycles. The van der Waals surface area contributed by atoms with E-state index in [0.717, 1.165) is 25.2 Å². The molecule has 0 aromatic heterocycles. The Bertz CT molecular complexity index is 838. The Kier molecular flexibility index (Phi) is 4.75. The third-order valence-corrected chi connectivity index (χ3v) is 7.04. The van der Waals surface area contributed by atoms with Crippen LogP contribution in [0.15, 0.2) is 42.5 Å². The maximum atomic E-state index is 12.3. The highest BCUT2D eigenvalue weighted by atomic mass is 16.5. The molecule has 2 aromatic rings. The van der Waals surface area contributed by atoms with Crippen LogP contribution < -0.4 is 0 Å². The third-order valence-electron chi connectivity index (χ3n) is 7.04. The average Bonchev–Trinajstić information content (AvgIpc) is 2.61. The number of hydrogen-bond acceptors (Lipinski definition) is 3. The third kappa shape index (κ3) is 3.50. The molecule has 0 unspecified atom stereocenters. The van der Waals surface area contributed by atoms with Crippen LogP contribution in [0.3, 0.4) is 0 Å². The van der Waals surface area contributed by atoms with Crippen molar-refractivity contribution in [3.05, 3.63) is 48.0 Å². The molecular weight excluding hydrogens is 336 g/mol. The number of fused-ring (bicyclic) bond motifs is 3. The number of esters is 1. The standard InChI is InChI=1S/C24H30O3/c1-15(25)10-22(26)27-23-19(13-20-14-21(23)24(20,2)3)12-16-8-9-17-6-4-5-7-18(17)11-16/h4-9,11,15,19-21,23,25H,10,12-14H2,1-3H3/t15-,19+,20-,21-,23+/m0/s1. The molecule has 0 amide bonds. The molecule has 2 bridgehead atoms. The second-order valence-electron chi connectivity index (χ2n) is 9.25. The van der Waals surface area contributed by atoms with E-state index >= 15 is 0 Å². The molecule has 144 valence electrons. The zero-order valence-corrected chi connectivity index (χ0v) is 16.5. The summed E-state index contributed by atoms with van der Waals surface area (Å²) in [4.78, 5) is 12.3. The van der Waals surface area contributed by atoms with E-state index in [9.17, 15) is 9.90 Å². The number of ether oxygens (including phenoxy) is 1. The first kappa shape index (κ1) is 18.5. The van der Waals surface area contributed by atoms with Gasteiger partial charge in [0.2, 0.25) is 0 Å². The summed E-state index contributed by atoms with van der Waals surface area (Å²) in [6.45, 7) is 6.26. The van der Waals surface area contributed by atoms with Crippen molar-refractivity contribution in [2.45, 2.75) is 58.7 Å². The molecule has 3 fully saturated rings. The lowest BCUT2D eigenvalue weighted by atomic mass is 9.45. The van der Waals surface area contributed by atoms with Crippen molar-refractivity contribution < 1.29 is 14.6 Å². The van der Waals surface area contributed by atoms with Gasteiger partial charge in [-0.3, -0.25) is 4.79 Å². The maximum Gasteiger partial charge on any atom is 0.308 e. The molecule has 27 heavy (non-hydrogen) atoms. The van der Waals surface area contributed by atoms with Crippen LogP contribution in [0.4, 0.5) is 0 Å². The number of rotatable bonds is 5. The summed E-state index contributed by atoms with van der Waals surface area (Å²) < 4.78 is 5.96. The van der Waals surface area contributed by atoms with Gasteiger partial charge in [-0.15, -0.1) is 0 Å². The number of aliphatic hydroxyl groups excluding tert-OH is 1.